The number of nitrogens with two attached hydrogens (primary N) is 1. The van der Waals surface area contributed by atoms with Crippen LogP contribution in [0.5, 0.6) is 0 Å². The molecule has 1 aromatic heterocycles. The molecule has 3 aromatic rings. The Hall–Kier alpha value is -1.87. The molecule has 0 amide bonds. The van der Waals surface area contributed by atoms with Crippen molar-refractivity contribution in [1.82, 2.24) is 0 Å². The average Bonchev–Trinajstić information content (AvgIpc) is 3.39. The summed E-state index contributed by atoms with van der Waals surface area (Å²) in [5, 5.41) is 2.77. The number of hydrogen-bond acceptors (Lipinski definition) is 2. The van der Waals surface area contributed by atoms with Crippen molar-refractivity contribution >= 4 is 37.3 Å². The normalized spacial score (nSPS) is 17.2. The minimum Gasteiger partial charge on any atom is -0.387 e. The molecule has 0 bridgehead atoms. The number of fused-ring (bicyclic) bond motifs is 3. The van der Waals surface area contributed by atoms with Gasteiger partial charge in [0.25, 0.3) is 0 Å². The van der Waals surface area contributed by atoms with Gasteiger partial charge in [-0.3, -0.25) is 4.99 Å². The summed E-state index contributed by atoms with van der Waals surface area (Å²) in [5.41, 5.74) is 8.94. The fourth-order valence-electron chi connectivity index (χ4n) is 3.45. The predicted molar refractivity (Wildman–Crippen MR) is 115 cm³/mol. The molecule has 0 spiro atoms. The number of aliphatic imine (C=N–C) groups is 1. The van der Waals surface area contributed by atoms with E-state index < -0.39 is 0 Å². The van der Waals surface area contributed by atoms with E-state index in [2.05, 4.69) is 64.1 Å². The first-order valence-corrected chi connectivity index (χ1v) is 10.5. The van der Waals surface area contributed by atoms with Crippen LogP contribution in [0.1, 0.15) is 70.0 Å². The molecule has 136 valence electrons. The van der Waals surface area contributed by atoms with Gasteiger partial charge < -0.3 is 5.73 Å². The molecule has 1 heterocycles. The van der Waals surface area contributed by atoms with E-state index in [1.807, 2.05) is 11.3 Å². The van der Waals surface area contributed by atoms with Crippen LogP contribution in [0.4, 0.5) is 0 Å². The second-order valence-electron chi connectivity index (χ2n) is 8.58. The molecular weight excluding hydrogens is 336 g/mol. The molecular formula is C23H28N2S. The zero-order chi connectivity index (χ0) is 18.5. The van der Waals surface area contributed by atoms with Crippen molar-refractivity contribution in [3.63, 3.8) is 0 Å². The number of rotatable bonds is 4. The summed E-state index contributed by atoms with van der Waals surface area (Å²) in [6.45, 7) is 8.54. The Morgan fingerprint density at radius 2 is 1.77 bits per heavy atom. The third-order valence-corrected chi connectivity index (χ3v) is 6.55. The molecule has 0 saturated heterocycles. The van der Waals surface area contributed by atoms with Crippen molar-refractivity contribution in [3.05, 3.63) is 47.5 Å². The van der Waals surface area contributed by atoms with Crippen LogP contribution in [-0.4, -0.2) is 5.84 Å². The maximum atomic E-state index is 6.26. The third-order valence-electron chi connectivity index (χ3n) is 5.40. The molecule has 0 aliphatic heterocycles. The van der Waals surface area contributed by atoms with Crippen molar-refractivity contribution in [1.29, 1.82) is 0 Å². The summed E-state index contributed by atoms with van der Waals surface area (Å²) in [6, 6.07) is 14.0. The van der Waals surface area contributed by atoms with Crippen molar-refractivity contribution < 1.29 is 0 Å². The van der Waals surface area contributed by atoms with Gasteiger partial charge in [-0.25, -0.2) is 0 Å². The highest BCUT2D eigenvalue weighted by atomic mass is 32.1. The molecule has 2 aromatic carbocycles. The van der Waals surface area contributed by atoms with Gasteiger partial charge in [0.15, 0.2) is 0 Å². The standard InChI is InChI=1S/C23H28N2S/c1-5-19(25-22(24)23(2,3)4)16-9-11-21-18(13-16)17-12-15(14-6-7-14)8-10-20(17)26-21/h8-14,19H,5-7H2,1-4H3,(H2,24,25). The number of benzene rings is 2. The Kier molecular flexibility index (Phi) is 4.31. The smallest absolute Gasteiger partial charge is 0.0998 e. The van der Waals surface area contributed by atoms with Crippen LogP contribution in [0.15, 0.2) is 41.4 Å². The van der Waals surface area contributed by atoms with Crippen LogP contribution >= 0.6 is 11.3 Å². The minimum absolute atomic E-state index is 0.0915. The molecule has 4 rings (SSSR count). The van der Waals surface area contributed by atoms with Crippen molar-refractivity contribution in [2.75, 3.05) is 0 Å². The lowest BCUT2D eigenvalue weighted by molar-refractivity contribution is 0.569. The third kappa shape index (κ3) is 3.25. The summed E-state index contributed by atoms with van der Waals surface area (Å²) in [4.78, 5) is 4.86. The van der Waals surface area contributed by atoms with E-state index in [9.17, 15) is 0 Å². The highest BCUT2D eigenvalue weighted by Crippen LogP contribution is 2.43. The molecule has 1 aliphatic carbocycles. The lowest BCUT2D eigenvalue weighted by Gasteiger charge is -2.20. The summed E-state index contributed by atoms with van der Waals surface area (Å²) in [7, 11) is 0. The predicted octanol–water partition coefficient (Wildman–Crippen LogP) is 6.79. The van der Waals surface area contributed by atoms with E-state index in [-0.39, 0.29) is 11.5 Å². The molecule has 1 atom stereocenters. The number of amidine groups is 1. The highest BCUT2D eigenvalue weighted by Gasteiger charge is 2.24. The fourth-order valence-corrected chi connectivity index (χ4v) is 4.52. The molecule has 1 fully saturated rings. The molecule has 1 unspecified atom stereocenters. The highest BCUT2D eigenvalue weighted by molar-refractivity contribution is 7.25. The van der Waals surface area contributed by atoms with Gasteiger partial charge in [0.2, 0.25) is 0 Å². The summed E-state index contributed by atoms with van der Waals surface area (Å²) < 4.78 is 2.74. The molecule has 1 saturated carbocycles. The second kappa shape index (κ2) is 6.38. The first-order valence-electron chi connectivity index (χ1n) is 9.66. The Labute approximate surface area is 160 Å². The average molecular weight is 365 g/mol. The topological polar surface area (TPSA) is 38.4 Å². The number of nitrogens with zero attached hydrogens (tertiary/aromatic N) is 1. The maximum absolute atomic E-state index is 6.26. The first-order chi connectivity index (χ1) is 12.4. The lowest BCUT2D eigenvalue weighted by Crippen LogP contribution is -2.29. The molecule has 2 N–H and O–H groups in total. The summed E-state index contributed by atoms with van der Waals surface area (Å²) in [6.07, 6.45) is 3.65. The van der Waals surface area contributed by atoms with E-state index in [1.54, 1.807) is 0 Å². The van der Waals surface area contributed by atoms with Gasteiger partial charge in [-0.05, 0) is 60.6 Å². The Morgan fingerprint density at radius 1 is 1.12 bits per heavy atom. The summed E-state index contributed by atoms with van der Waals surface area (Å²) in [5.74, 6) is 1.52. The molecule has 2 nitrogen and oxygen atoms in total. The Morgan fingerprint density at radius 3 is 2.38 bits per heavy atom. The van der Waals surface area contributed by atoms with Gasteiger partial charge in [-0.2, -0.15) is 0 Å². The maximum Gasteiger partial charge on any atom is 0.0998 e. The van der Waals surface area contributed by atoms with Gasteiger partial charge in [0, 0.05) is 25.6 Å². The van der Waals surface area contributed by atoms with Gasteiger partial charge in [0.05, 0.1) is 11.9 Å². The van der Waals surface area contributed by atoms with E-state index >= 15 is 0 Å². The van der Waals surface area contributed by atoms with Crippen LogP contribution in [0.25, 0.3) is 20.2 Å². The lowest BCUT2D eigenvalue weighted by atomic mass is 9.94. The van der Waals surface area contributed by atoms with Crippen molar-refractivity contribution in [3.8, 4) is 0 Å². The Bertz CT molecular complexity index is 987. The quantitative estimate of drug-likeness (QED) is 0.402. The zero-order valence-electron chi connectivity index (χ0n) is 16.2. The summed E-state index contributed by atoms with van der Waals surface area (Å²) >= 11 is 1.89. The number of thiophene rings is 1. The molecule has 3 heteroatoms. The van der Waals surface area contributed by atoms with E-state index in [0.29, 0.717) is 0 Å². The van der Waals surface area contributed by atoms with Crippen molar-refractivity contribution in [2.24, 2.45) is 16.1 Å². The van der Waals surface area contributed by atoms with E-state index in [0.717, 1.165) is 18.2 Å². The van der Waals surface area contributed by atoms with Gasteiger partial charge >= 0.3 is 0 Å². The molecule has 1 aliphatic rings. The Balaban J connectivity index is 1.80. The second-order valence-corrected chi connectivity index (χ2v) is 9.66. The zero-order valence-corrected chi connectivity index (χ0v) is 17.0. The fraction of sp³-hybridized carbons (Fsp3) is 0.435. The van der Waals surface area contributed by atoms with Gasteiger partial charge in [-0.15, -0.1) is 11.3 Å². The van der Waals surface area contributed by atoms with Crippen LogP contribution in [0.2, 0.25) is 0 Å². The van der Waals surface area contributed by atoms with Gasteiger partial charge in [-0.1, -0.05) is 39.8 Å². The monoisotopic (exact) mass is 364 g/mol. The van der Waals surface area contributed by atoms with Crippen LogP contribution in [0.3, 0.4) is 0 Å². The number of hydrogen-bond donors (Lipinski definition) is 1. The van der Waals surface area contributed by atoms with Crippen molar-refractivity contribution in [2.45, 2.75) is 58.9 Å². The first kappa shape index (κ1) is 17.5. The van der Waals surface area contributed by atoms with E-state index in [1.165, 1.54) is 44.1 Å². The largest absolute Gasteiger partial charge is 0.387 e. The molecule has 0 radical (unpaired) electrons. The molecule has 26 heavy (non-hydrogen) atoms. The van der Waals surface area contributed by atoms with Crippen LogP contribution in [-0.2, 0) is 0 Å². The SMILES string of the molecule is CCC(N=C(N)C(C)(C)C)c1ccc2sc3ccc(C4CC4)cc3c2c1. The minimum atomic E-state index is -0.0915. The van der Waals surface area contributed by atoms with Crippen LogP contribution < -0.4 is 5.73 Å². The van der Waals surface area contributed by atoms with Crippen LogP contribution in [0, 0.1) is 5.41 Å². The van der Waals surface area contributed by atoms with Gasteiger partial charge in [0.1, 0.15) is 0 Å². The van der Waals surface area contributed by atoms with E-state index in [4.69, 9.17) is 10.7 Å².